The molecule has 1 aromatic heterocycles. The third kappa shape index (κ3) is 4.49. The van der Waals surface area contributed by atoms with Crippen LogP contribution < -0.4 is 4.90 Å². The average molecular weight is 745 g/mol. The quantitative estimate of drug-likeness (QED) is 0.170. The molecule has 14 rings (SSSR count). The van der Waals surface area contributed by atoms with Crippen molar-refractivity contribution < 1.29 is 0 Å². The molecule has 0 atom stereocenters. The van der Waals surface area contributed by atoms with Crippen molar-refractivity contribution in [1.29, 1.82) is 0 Å². The highest BCUT2D eigenvalue weighted by Gasteiger charge is 2.61. The van der Waals surface area contributed by atoms with Crippen molar-refractivity contribution in [2.45, 2.75) is 37.5 Å². The SMILES string of the molecule is c1ccc2c(c1)-c1c(N(c3ccc(-c4ccc(-n5c6ccccc6c6ccccc65)cc4)cc3)c3cccc4ccccc34)cccc1C21[C@H]2CC3C[C@H](C2)C[C@@H]1C3. The summed E-state index contributed by atoms with van der Waals surface area (Å²) in [4.78, 5) is 2.57. The van der Waals surface area contributed by atoms with Gasteiger partial charge in [0.15, 0.2) is 0 Å². The second-order valence-electron chi connectivity index (χ2n) is 17.7. The van der Waals surface area contributed by atoms with Crippen LogP contribution in [0.1, 0.15) is 43.2 Å². The number of hydrogen-bond acceptors (Lipinski definition) is 1. The molecule has 0 amide bonds. The standard InChI is InChI=1S/C56H44N2/c1-2-13-45-40(11-1)12-9-21-51(45)58(54-22-10-18-50-55(54)48-16-3-6-17-49(48)56(50)41-32-36-31-37(34-41)35-42(56)33-36)44-29-25-39(26-30-44)38-23-27-43(28-24-38)57-52-19-7-4-14-46(52)47-15-5-8-20-53(47)57/h1-30,36-37,41-42H,31-35H2/t36-,37?,41-,42-,56?/m1/s1. The van der Waals surface area contributed by atoms with Crippen LogP contribution in [0.2, 0.25) is 0 Å². The van der Waals surface area contributed by atoms with E-state index in [9.17, 15) is 0 Å². The van der Waals surface area contributed by atoms with Gasteiger partial charge in [-0.05, 0) is 138 Å². The van der Waals surface area contributed by atoms with Gasteiger partial charge in [-0.3, -0.25) is 0 Å². The van der Waals surface area contributed by atoms with Crippen LogP contribution in [0.4, 0.5) is 17.1 Å². The van der Waals surface area contributed by atoms with E-state index in [0.29, 0.717) is 0 Å². The Kier molecular flexibility index (Phi) is 6.94. The van der Waals surface area contributed by atoms with Gasteiger partial charge < -0.3 is 9.47 Å². The highest BCUT2D eigenvalue weighted by molar-refractivity contribution is 6.09. The smallest absolute Gasteiger partial charge is 0.0543 e. The Morgan fingerprint density at radius 1 is 0.431 bits per heavy atom. The number of rotatable bonds is 5. The fraction of sp³-hybridized carbons (Fsp3) is 0.179. The van der Waals surface area contributed by atoms with Crippen molar-refractivity contribution in [3.63, 3.8) is 0 Å². The summed E-state index contributed by atoms with van der Waals surface area (Å²) in [5.41, 5.74) is 16.0. The number of hydrogen-bond donors (Lipinski definition) is 0. The highest BCUT2D eigenvalue weighted by atomic mass is 15.1. The van der Waals surface area contributed by atoms with Gasteiger partial charge in [-0.2, -0.15) is 0 Å². The molecule has 4 fully saturated rings. The lowest BCUT2D eigenvalue weighted by molar-refractivity contribution is -0.0399. The molecule has 1 heterocycles. The van der Waals surface area contributed by atoms with Crippen molar-refractivity contribution in [2.75, 3.05) is 4.90 Å². The number of aromatic nitrogens is 1. The van der Waals surface area contributed by atoms with Gasteiger partial charge in [0, 0.05) is 38.5 Å². The van der Waals surface area contributed by atoms with Crippen LogP contribution in [0.15, 0.2) is 182 Å². The number of nitrogens with zero attached hydrogens (tertiary/aromatic N) is 2. The number of benzene rings is 8. The van der Waals surface area contributed by atoms with E-state index in [1.54, 1.807) is 11.1 Å². The minimum atomic E-state index is 0.120. The van der Waals surface area contributed by atoms with E-state index in [1.807, 2.05) is 0 Å². The molecule has 4 saturated carbocycles. The number of fused-ring (bicyclic) bond motifs is 7. The van der Waals surface area contributed by atoms with E-state index in [-0.39, 0.29) is 5.41 Å². The minimum Gasteiger partial charge on any atom is -0.309 e. The Labute approximate surface area is 340 Å². The molecule has 58 heavy (non-hydrogen) atoms. The normalized spacial score (nSPS) is 22.6. The first-order valence-electron chi connectivity index (χ1n) is 21.4. The minimum absolute atomic E-state index is 0.120. The zero-order valence-corrected chi connectivity index (χ0v) is 32.6. The van der Waals surface area contributed by atoms with Crippen LogP contribution in [0.5, 0.6) is 0 Å². The van der Waals surface area contributed by atoms with Crippen molar-refractivity contribution in [3.05, 3.63) is 193 Å². The molecule has 0 unspecified atom stereocenters. The van der Waals surface area contributed by atoms with Crippen LogP contribution in [-0.4, -0.2) is 4.57 Å². The monoisotopic (exact) mass is 744 g/mol. The topological polar surface area (TPSA) is 8.17 Å². The lowest BCUT2D eigenvalue weighted by Crippen LogP contribution is -2.55. The molecule has 0 saturated heterocycles. The Balaban J connectivity index is 0.949. The summed E-state index contributed by atoms with van der Waals surface area (Å²) in [6, 6.07) is 68.4. The fourth-order valence-corrected chi connectivity index (χ4v) is 13.0. The molecule has 0 radical (unpaired) electrons. The van der Waals surface area contributed by atoms with Crippen LogP contribution in [0.25, 0.3) is 60.5 Å². The average Bonchev–Trinajstić information content (AvgIpc) is 3.77. The second-order valence-corrected chi connectivity index (χ2v) is 17.7. The maximum absolute atomic E-state index is 2.57. The Morgan fingerprint density at radius 2 is 0.966 bits per heavy atom. The molecule has 9 aromatic rings. The van der Waals surface area contributed by atoms with Gasteiger partial charge in [0.2, 0.25) is 0 Å². The molecule has 278 valence electrons. The maximum atomic E-state index is 2.57. The first-order valence-corrected chi connectivity index (χ1v) is 21.4. The van der Waals surface area contributed by atoms with E-state index in [2.05, 4.69) is 191 Å². The third-order valence-electron chi connectivity index (χ3n) is 15.0. The Morgan fingerprint density at radius 3 is 1.67 bits per heavy atom. The van der Waals surface area contributed by atoms with Crippen LogP contribution >= 0.6 is 0 Å². The van der Waals surface area contributed by atoms with Crippen LogP contribution in [0, 0.1) is 23.7 Å². The largest absolute Gasteiger partial charge is 0.309 e. The predicted molar refractivity (Wildman–Crippen MR) is 242 cm³/mol. The first kappa shape index (κ1) is 32.7. The van der Waals surface area contributed by atoms with Crippen molar-refractivity contribution >= 4 is 49.6 Å². The Hall–Kier alpha value is -6.38. The zero-order valence-electron chi connectivity index (χ0n) is 32.6. The van der Waals surface area contributed by atoms with Gasteiger partial charge in [-0.15, -0.1) is 0 Å². The molecule has 2 heteroatoms. The maximum Gasteiger partial charge on any atom is 0.0543 e. The molecule has 0 aliphatic heterocycles. The van der Waals surface area contributed by atoms with E-state index in [4.69, 9.17) is 0 Å². The number of anilines is 3. The summed E-state index contributed by atoms with van der Waals surface area (Å²) in [5.74, 6) is 3.30. The predicted octanol–water partition coefficient (Wildman–Crippen LogP) is 14.8. The van der Waals surface area contributed by atoms with E-state index in [0.717, 1.165) is 23.7 Å². The van der Waals surface area contributed by atoms with Gasteiger partial charge in [0.05, 0.1) is 22.4 Å². The summed E-state index contributed by atoms with van der Waals surface area (Å²) >= 11 is 0. The van der Waals surface area contributed by atoms with Gasteiger partial charge in [-0.1, -0.05) is 133 Å². The van der Waals surface area contributed by atoms with Crippen molar-refractivity contribution in [1.82, 2.24) is 4.57 Å². The summed E-state index contributed by atoms with van der Waals surface area (Å²) in [6.45, 7) is 0. The van der Waals surface area contributed by atoms with Crippen molar-refractivity contribution in [2.24, 2.45) is 23.7 Å². The lowest BCUT2D eigenvalue weighted by atomic mass is 9.43. The van der Waals surface area contributed by atoms with Gasteiger partial charge in [0.1, 0.15) is 0 Å². The summed E-state index contributed by atoms with van der Waals surface area (Å²) < 4.78 is 2.39. The van der Waals surface area contributed by atoms with Crippen LogP contribution in [0.3, 0.4) is 0 Å². The summed E-state index contributed by atoms with van der Waals surface area (Å²) in [7, 11) is 0. The molecular formula is C56H44N2. The van der Waals surface area contributed by atoms with E-state index >= 15 is 0 Å². The van der Waals surface area contributed by atoms with Gasteiger partial charge >= 0.3 is 0 Å². The third-order valence-corrected chi connectivity index (χ3v) is 15.0. The van der Waals surface area contributed by atoms with Crippen molar-refractivity contribution in [3.8, 4) is 27.9 Å². The molecule has 5 aliphatic rings. The summed E-state index contributed by atoms with van der Waals surface area (Å²) in [5, 5.41) is 5.10. The molecule has 2 nitrogen and oxygen atoms in total. The van der Waals surface area contributed by atoms with Crippen LogP contribution in [-0.2, 0) is 5.41 Å². The number of para-hydroxylation sites is 2. The van der Waals surface area contributed by atoms with E-state index in [1.165, 1.54) is 110 Å². The van der Waals surface area contributed by atoms with Gasteiger partial charge in [0.25, 0.3) is 0 Å². The Bertz CT molecular complexity index is 2990. The van der Waals surface area contributed by atoms with Gasteiger partial charge in [-0.25, -0.2) is 0 Å². The zero-order chi connectivity index (χ0) is 38.0. The molecule has 0 N–H and O–H groups in total. The fourth-order valence-electron chi connectivity index (χ4n) is 13.0. The lowest BCUT2D eigenvalue weighted by Gasteiger charge is -2.61. The molecule has 8 aromatic carbocycles. The molecule has 5 aliphatic carbocycles. The molecule has 4 bridgehead atoms. The first-order chi connectivity index (χ1) is 28.7. The van der Waals surface area contributed by atoms with E-state index < -0.39 is 0 Å². The molecule has 1 spiro atoms. The second kappa shape index (κ2) is 12.3. The molecular weight excluding hydrogens is 701 g/mol. The highest BCUT2D eigenvalue weighted by Crippen LogP contribution is 2.70. The summed E-state index contributed by atoms with van der Waals surface area (Å²) in [6.07, 6.45) is 7.02.